The predicted octanol–water partition coefficient (Wildman–Crippen LogP) is 2.35. The van der Waals surface area contributed by atoms with Crippen LogP contribution < -0.4 is 0 Å². The number of alkyl halides is 2. The van der Waals surface area contributed by atoms with Gasteiger partial charge in [0, 0.05) is 5.56 Å². The van der Waals surface area contributed by atoms with Gasteiger partial charge in [-0.25, -0.2) is 18.6 Å². The van der Waals surface area contributed by atoms with E-state index in [9.17, 15) is 13.6 Å². The number of halogens is 3. The maximum absolute atomic E-state index is 12.5. The highest BCUT2D eigenvalue weighted by Gasteiger charge is 2.23. The summed E-state index contributed by atoms with van der Waals surface area (Å²) >= 11 is 2.73. The van der Waals surface area contributed by atoms with Gasteiger partial charge < -0.3 is 5.11 Å². The Morgan fingerprint density at radius 2 is 2.27 bits per heavy atom. The van der Waals surface area contributed by atoms with Gasteiger partial charge in [-0.1, -0.05) is 0 Å². The number of rotatable bonds is 2. The van der Waals surface area contributed by atoms with Crippen molar-refractivity contribution < 1.29 is 18.7 Å². The monoisotopic (exact) mass is 276 g/mol. The van der Waals surface area contributed by atoms with Gasteiger partial charge in [0.25, 0.3) is 6.43 Å². The number of nitriles is 1. The second-order valence-electron chi connectivity index (χ2n) is 2.48. The molecule has 7 heteroatoms. The van der Waals surface area contributed by atoms with E-state index in [4.69, 9.17) is 10.4 Å². The Morgan fingerprint density at radius 3 is 2.67 bits per heavy atom. The molecule has 0 aliphatic heterocycles. The van der Waals surface area contributed by atoms with Crippen LogP contribution >= 0.6 is 15.9 Å². The quantitative estimate of drug-likeness (QED) is 0.842. The minimum atomic E-state index is -2.97. The lowest BCUT2D eigenvalue weighted by Crippen LogP contribution is -2.07. The van der Waals surface area contributed by atoms with Crippen molar-refractivity contribution in [2.75, 3.05) is 0 Å². The second-order valence-corrected chi connectivity index (χ2v) is 3.23. The standard InChI is InChI=1S/C8H3BrF2N2O2/c9-6-5(8(14)15)4(7(10)11)1-3(2-12)13-6/h1,7H,(H,14,15). The van der Waals surface area contributed by atoms with Gasteiger partial charge in [0.15, 0.2) is 0 Å². The lowest BCUT2D eigenvalue weighted by Gasteiger charge is -2.06. The Hall–Kier alpha value is -1.55. The maximum atomic E-state index is 12.5. The number of carboxylic acid groups (broad SMARTS) is 1. The van der Waals surface area contributed by atoms with Crippen molar-refractivity contribution in [2.45, 2.75) is 6.43 Å². The van der Waals surface area contributed by atoms with E-state index in [2.05, 4.69) is 20.9 Å². The van der Waals surface area contributed by atoms with E-state index in [-0.39, 0.29) is 10.3 Å². The van der Waals surface area contributed by atoms with Gasteiger partial charge in [0.1, 0.15) is 21.9 Å². The highest BCUT2D eigenvalue weighted by molar-refractivity contribution is 9.10. The third-order valence-electron chi connectivity index (χ3n) is 1.57. The summed E-state index contributed by atoms with van der Waals surface area (Å²) in [5.74, 6) is -1.52. The first-order valence-corrected chi connectivity index (χ1v) is 4.38. The molecule has 1 aromatic heterocycles. The normalized spacial score (nSPS) is 10.1. The number of hydrogen-bond acceptors (Lipinski definition) is 3. The molecule has 78 valence electrons. The Kier molecular flexibility index (Phi) is 3.31. The summed E-state index contributed by atoms with van der Waals surface area (Å²) in [6.45, 7) is 0. The Labute approximate surface area is 91.3 Å². The fraction of sp³-hybridized carbons (Fsp3) is 0.125. The van der Waals surface area contributed by atoms with Gasteiger partial charge in [-0.15, -0.1) is 0 Å². The molecule has 0 bridgehead atoms. The summed E-state index contributed by atoms with van der Waals surface area (Å²) in [7, 11) is 0. The SMILES string of the molecule is N#Cc1cc(C(F)F)c(C(=O)O)c(Br)n1. The Morgan fingerprint density at radius 1 is 1.67 bits per heavy atom. The topological polar surface area (TPSA) is 74.0 Å². The average Bonchev–Trinajstić information content (AvgIpc) is 2.15. The van der Waals surface area contributed by atoms with Gasteiger partial charge in [-0.2, -0.15) is 5.26 Å². The van der Waals surface area contributed by atoms with Crippen LogP contribution in [-0.4, -0.2) is 16.1 Å². The van der Waals surface area contributed by atoms with E-state index in [0.29, 0.717) is 0 Å². The van der Waals surface area contributed by atoms with E-state index in [1.54, 1.807) is 6.07 Å². The molecule has 0 aliphatic rings. The van der Waals surface area contributed by atoms with Gasteiger partial charge in [0.05, 0.1) is 0 Å². The van der Waals surface area contributed by atoms with Crippen LogP contribution in [0.2, 0.25) is 0 Å². The largest absolute Gasteiger partial charge is 0.478 e. The van der Waals surface area contributed by atoms with Crippen molar-refractivity contribution in [1.82, 2.24) is 4.98 Å². The number of pyridine rings is 1. The van der Waals surface area contributed by atoms with E-state index < -0.39 is 23.5 Å². The molecule has 0 radical (unpaired) electrons. The van der Waals surface area contributed by atoms with E-state index in [0.717, 1.165) is 6.07 Å². The molecule has 0 saturated carbocycles. The molecule has 4 nitrogen and oxygen atoms in total. The summed E-state index contributed by atoms with van der Waals surface area (Å²) in [5.41, 5.74) is -1.60. The average molecular weight is 277 g/mol. The van der Waals surface area contributed by atoms with Gasteiger partial charge in [0.2, 0.25) is 0 Å². The Balaban J connectivity index is 3.51. The first-order chi connectivity index (χ1) is 6.97. The first kappa shape index (κ1) is 11.5. The van der Waals surface area contributed by atoms with E-state index >= 15 is 0 Å². The first-order valence-electron chi connectivity index (χ1n) is 3.59. The van der Waals surface area contributed by atoms with Crippen molar-refractivity contribution in [2.24, 2.45) is 0 Å². The molecular weight excluding hydrogens is 274 g/mol. The molecule has 0 atom stereocenters. The fourth-order valence-electron chi connectivity index (χ4n) is 0.974. The molecule has 1 N–H and O–H groups in total. The number of nitrogens with zero attached hydrogens (tertiary/aromatic N) is 2. The molecule has 0 amide bonds. The van der Waals surface area contributed by atoms with Gasteiger partial charge in [-0.3, -0.25) is 0 Å². The van der Waals surface area contributed by atoms with Crippen molar-refractivity contribution in [1.29, 1.82) is 5.26 Å². The van der Waals surface area contributed by atoms with Crippen LogP contribution in [0.4, 0.5) is 8.78 Å². The second kappa shape index (κ2) is 4.31. The smallest absolute Gasteiger partial charge is 0.338 e. The zero-order valence-corrected chi connectivity index (χ0v) is 8.62. The lowest BCUT2D eigenvalue weighted by molar-refractivity contribution is 0.0682. The maximum Gasteiger partial charge on any atom is 0.338 e. The number of carbonyl (C=O) groups is 1. The van der Waals surface area contributed by atoms with Gasteiger partial charge >= 0.3 is 5.97 Å². The summed E-state index contributed by atoms with van der Waals surface area (Å²) in [6, 6.07) is 2.32. The molecule has 0 spiro atoms. The highest BCUT2D eigenvalue weighted by Crippen LogP contribution is 2.28. The van der Waals surface area contributed by atoms with E-state index in [1.165, 1.54) is 0 Å². The zero-order chi connectivity index (χ0) is 11.6. The molecular formula is C8H3BrF2N2O2. The van der Waals surface area contributed by atoms with Crippen LogP contribution in [0, 0.1) is 11.3 Å². The Bertz CT molecular complexity index is 457. The molecule has 1 heterocycles. The third kappa shape index (κ3) is 2.27. The van der Waals surface area contributed by atoms with Crippen LogP contribution in [0.5, 0.6) is 0 Å². The van der Waals surface area contributed by atoms with Crippen LogP contribution in [-0.2, 0) is 0 Å². The van der Waals surface area contributed by atoms with Crippen molar-refractivity contribution in [3.05, 3.63) is 27.5 Å². The highest BCUT2D eigenvalue weighted by atomic mass is 79.9. The molecule has 1 aromatic rings. The number of hydrogen-bond donors (Lipinski definition) is 1. The molecule has 0 unspecified atom stereocenters. The molecule has 0 aromatic carbocycles. The number of carboxylic acids is 1. The van der Waals surface area contributed by atoms with Crippen LogP contribution in [0.1, 0.15) is 28.0 Å². The predicted molar refractivity (Wildman–Crippen MR) is 48.6 cm³/mol. The van der Waals surface area contributed by atoms with Crippen LogP contribution in [0.15, 0.2) is 10.7 Å². The zero-order valence-electron chi connectivity index (χ0n) is 7.04. The summed E-state index contributed by atoms with van der Waals surface area (Å²) < 4.78 is 24.7. The van der Waals surface area contributed by atoms with Crippen LogP contribution in [0.3, 0.4) is 0 Å². The lowest BCUT2D eigenvalue weighted by atomic mass is 10.1. The molecule has 0 fully saturated rings. The molecule has 0 saturated heterocycles. The van der Waals surface area contributed by atoms with E-state index in [1.807, 2.05) is 0 Å². The number of aromatic nitrogens is 1. The summed E-state index contributed by atoms with van der Waals surface area (Å²) in [6.07, 6.45) is -2.97. The third-order valence-corrected chi connectivity index (χ3v) is 2.14. The molecule has 15 heavy (non-hydrogen) atoms. The minimum absolute atomic E-state index is 0.262. The van der Waals surface area contributed by atoms with Gasteiger partial charge in [-0.05, 0) is 22.0 Å². The molecule has 1 rings (SSSR count). The summed E-state index contributed by atoms with van der Waals surface area (Å²) in [5, 5.41) is 17.1. The van der Waals surface area contributed by atoms with Crippen LogP contribution in [0.25, 0.3) is 0 Å². The van der Waals surface area contributed by atoms with Crippen molar-refractivity contribution in [3.63, 3.8) is 0 Å². The van der Waals surface area contributed by atoms with Crippen molar-refractivity contribution >= 4 is 21.9 Å². The number of aromatic carboxylic acids is 1. The minimum Gasteiger partial charge on any atom is -0.478 e. The fourth-order valence-corrected chi connectivity index (χ4v) is 1.56. The van der Waals surface area contributed by atoms with Crippen molar-refractivity contribution in [3.8, 4) is 6.07 Å². The summed E-state index contributed by atoms with van der Waals surface area (Å²) in [4.78, 5) is 14.2. The molecule has 0 aliphatic carbocycles.